The molecule has 0 bridgehead atoms. The largest absolute Gasteiger partial charge is 0.378 e. The van der Waals surface area contributed by atoms with Crippen molar-refractivity contribution in [2.75, 3.05) is 29.1 Å². The molecule has 10 heteroatoms. The number of thioether (sulfide) groups is 1. The lowest BCUT2D eigenvalue weighted by Gasteiger charge is -2.20. The molecule has 1 heterocycles. The van der Waals surface area contributed by atoms with E-state index in [0.717, 1.165) is 30.2 Å². The van der Waals surface area contributed by atoms with Gasteiger partial charge in [0.1, 0.15) is 0 Å². The van der Waals surface area contributed by atoms with Crippen LogP contribution < -0.4 is 15.6 Å². The van der Waals surface area contributed by atoms with Gasteiger partial charge in [-0.1, -0.05) is 41.6 Å². The van der Waals surface area contributed by atoms with Gasteiger partial charge in [0.15, 0.2) is 11.0 Å². The molecule has 1 amide bonds. The summed E-state index contributed by atoms with van der Waals surface area (Å²) in [6, 6.07) is 15.6. The Balaban J connectivity index is 1.45. The van der Waals surface area contributed by atoms with Crippen LogP contribution in [-0.4, -0.2) is 45.7 Å². The van der Waals surface area contributed by atoms with Gasteiger partial charge in [-0.3, -0.25) is 4.79 Å². The molecule has 0 aliphatic carbocycles. The molecular weight excluding hydrogens is 458 g/mol. The van der Waals surface area contributed by atoms with E-state index in [1.165, 1.54) is 17.4 Å². The molecule has 0 radical (unpaired) electrons. The minimum Gasteiger partial charge on any atom is -0.378 e. The predicted molar refractivity (Wildman–Crippen MR) is 136 cm³/mol. The zero-order valence-electron chi connectivity index (χ0n) is 19.0. The van der Waals surface area contributed by atoms with Crippen LogP contribution in [0.1, 0.15) is 25.2 Å². The number of hydrazone groups is 1. The third-order valence-electron chi connectivity index (χ3n) is 4.96. The van der Waals surface area contributed by atoms with Crippen molar-refractivity contribution < 1.29 is 4.79 Å². The van der Waals surface area contributed by atoms with E-state index in [4.69, 9.17) is 11.6 Å². The van der Waals surface area contributed by atoms with Gasteiger partial charge in [0, 0.05) is 36.5 Å². The molecule has 3 aromatic rings. The number of carbonyl (C=O) groups is 1. The molecular formula is C23H28ClN7OS. The number of carbonyl (C=O) groups excluding carboxylic acids is 1. The van der Waals surface area contributed by atoms with E-state index in [-0.39, 0.29) is 11.7 Å². The summed E-state index contributed by atoms with van der Waals surface area (Å²) >= 11 is 7.31. The smallest absolute Gasteiger partial charge is 0.250 e. The highest BCUT2D eigenvalue weighted by Gasteiger charge is 2.11. The Morgan fingerprint density at radius 2 is 1.94 bits per heavy atom. The third-order valence-corrected chi connectivity index (χ3v) is 6.21. The quantitative estimate of drug-likeness (QED) is 0.241. The fourth-order valence-corrected chi connectivity index (χ4v) is 4.02. The van der Waals surface area contributed by atoms with Gasteiger partial charge in [0.2, 0.25) is 0 Å². The predicted octanol–water partition coefficient (Wildman–Crippen LogP) is 4.17. The van der Waals surface area contributed by atoms with Crippen LogP contribution in [0.4, 0.5) is 11.4 Å². The third kappa shape index (κ3) is 7.23. The summed E-state index contributed by atoms with van der Waals surface area (Å²) in [7, 11) is 1.87. The Hall–Kier alpha value is -3.04. The fraction of sp³-hybridized carbons (Fsp3) is 0.304. The summed E-state index contributed by atoms with van der Waals surface area (Å²) in [6.07, 6.45) is 1.64. The van der Waals surface area contributed by atoms with Crippen LogP contribution in [0.3, 0.4) is 0 Å². The molecule has 8 nitrogen and oxygen atoms in total. The van der Waals surface area contributed by atoms with E-state index in [1.54, 1.807) is 6.21 Å². The first kappa shape index (κ1) is 24.6. The Bertz CT molecular complexity index is 1080. The maximum atomic E-state index is 12.2. The zero-order valence-corrected chi connectivity index (χ0v) is 20.5. The molecule has 174 valence electrons. The Kier molecular flexibility index (Phi) is 9.14. The second-order valence-electron chi connectivity index (χ2n) is 7.17. The summed E-state index contributed by atoms with van der Waals surface area (Å²) in [4.78, 5) is 14.4. The number of nitrogens with zero attached hydrogens (tertiary/aromatic N) is 5. The monoisotopic (exact) mass is 485 g/mol. The summed E-state index contributed by atoms with van der Waals surface area (Å²) in [5.74, 6) is 0.730. The lowest BCUT2D eigenvalue weighted by atomic mass is 10.2. The molecule has 0 aliphatic heterocycles. The molecule has 0 saturated heterocycles. The van der Waals surface area contributed by atoms with E-state index >= 15 is 0 Å². The summed E-state index contributed by atoms with van der Waals surface area (Å²) in [6.45, 7) is 6.68. The van der Waals surface area contributed by atoms with Crippen molar-refractivity contribution >= 4 is 46.9 Å². The Morgan fingerprint density at radius 3 is 2.64 bits per heavy atom. The van der Waals surface area contributed by atoms with Gasteiger partial charge in [-0.15, -0.1) is 10.2 Å². The minimum absolute atomic E-state index is 0.186. The minimum atomic E-state index is -0.211. The van der Waals surface area contributed by atoms with Gasteiger partial charge in [-0.25, -0.2) is 5.43 Å². The van der Waals surface area contributed by atoms with E-state index < -0.39 is 0 Å². The van der Waals surface area contributed by atoms with E-state index in [9.17, 15) is 4.79 Å². The maximum absolute atomic E-state index is 12.2. The Morgan fingerprint density at radius 1 is 1.18 bits per heavy atom. The highest BCUT2D eigenvalue weighted by molar-refractivity contribution is 7.99. The second-order valence-corrected chi connectivity index (χ2v) is 8.55. The Labute approximate surface area is 203 Å². The van der Waals surface area contributed by atoms with E-state index in [1.807, 2.05) is 48.0 Å². The van der Waals surface area contributed by atoms with Gasteiger partial charge in [0.25, 0.3) is 5.91 Å². The van der Waals surface area contributed by atoms with Crippen LogP contribution >= 0.6 is 23.4 Å². The number of aromatic nitrogens is 3. The topological polar surface area (TPSA) is 87.4 Å². The van der Waals surface area contributed by atoms with Crippen molar-refractivity contribution in [3.63, 3.8) is 0 Å². The van der Waals surface area contributed by atoms with Crippen LogP contribution in [0, 0.1) is 0 Å². The molecule has 0 aliphatic rings. The number of rotatable bonds is 11. The molecule has 0 atom stereocenters. The molecule has 0 unspecified atom stereocenters. The van der Waals surface area contributed by atoms with Crippen LogP contribution in [0.15, 0.2) is 58.8 Å². The number of benzene rings is 2. The second kappa shape index (κ2) is 12.3. The average Bonchev–Trinajstić information content (AvgIpc) is 3.17. The van der Waals surface area contributed by atoms with Gasteiger partial charge in [-0.05, 0) is 49.7 Å². The number of anilines is 2. The molecule has 0 saturated carbocycles. The molecule has 3 rings (SSSR count). The molecule has 2 aromatic carbocycles. The molecule has 2 N–H and O–H groups in total. The van der Waals surface area contributed by atoms with Crippen LogP contribution in [-0.2, 0) is 18.4 Å². The van der Waals surface area contributed by atoms with Crippen LogP contribution in [0.2, 0.25) is 5.02 Å². The molecule has 0 fully saturated rings. The highest BCUT2D eigenvalue weighted by Crippen LogP contribution is 2.18. The van der Waals surface area contributed by atoms with Gasteiger partial charge < -0.3 is 14.8 Å². The number of amides is 1. The van der Waals surface area contributed by atoms with Crippen molar-refractivity contribution in [1.29, 1.82) is 0 Å². The van der Waals surface area contributed by atoms with Gasteiger partial charge >= 0.3 is 0 Å². The van der Waals surface area contributed by atoms with E-state index in [0.29, 0.717) is 16.7 Å². The van der Waals surface area contributed by atoms with Crippen molar-refractivity contribution in [1.82, 2.24) is 20.2 Å². The molecule has 1 aromatic heterocycles. The lowest BCUT2D eigenvalue weighted by Crippen LogP contribution is -2.21. The lowest BCUT2D eigenvalue weighted by molar-refractivity contribution is -0.118. The SMILES string of the molecule is CCN(CC)c1ccc(/C=N/NC(=O)CSc2nnc(CNc3cccc(Cl)c3)n2C)cc1. The number of hydrogen-bond donors (Lipinski definition) is 2. The first-order valence-corrected chi connectivity index (χ1v) is 12.0. The molecule has 33 heavy (non-hydrogen) atoms. The zero-order chi connectivity index (χ0) is 23.6. The number of nitrogens with one attached hydrogen (secondary N) is 2. The van der Waals surface area contributed by atoms with E-state index in [2.05, 4.69) is 56.9 Å². The summed E-state index contributed by atoms with van der Waals surface area (Å²) in [5.41, 5.74) is 5.55. The van der Waals surface area contributed by atoms with Crippen LogP contribution in [0.25, 0.3) is 0 Å². The highest BCUT2D eigenvalue weighted by atomic mass is 35.5. The van der Waals surface area contributed by atoms with Crippen molar-refractivity contribution in [3.8, 4) is 0 Å². The fourth-order valence-electron chi connectivity index (χ4n) is 3.11. The first-order chi connectivity index (χ1) is 16.0. The van der Waals surface area contributed by atoms with Gasteiger partial charge in [0.05, 0.1) is 18.5 Å². The number of halogens is 1. The van der Waals surface area contributed by atoms with Crippen LogP contribution in [0.5, 0.6) is 0 Å². The van der Waals surface area contributed by atoms with Crippen molar-refractivity contribution in [2.45, 2.75) is 25.5 Å². The van der Waals surface area contributed by atoms with Crippen molar-refractivity contribution in [3.05, 3.63) is 64.9 Å². The average molecular weight is 486 g/mol. The normalized spacial score (nSPS) is 11.0. The first-order valence-electron chi connectivity index (χ1n) is 10.7. The van der Waals surface area contributed by atoms with Gasteiger partial charge in [-0.2, -0.15) is 5.10 Å². The molecule has 0 spiro atoms. The maximum Gasteiger partial charge on any atom is 0.250 e. The summed E-state index contributed by atoms with van der Waals surface area (Å²) in [5, 5.41) is 17.0. The van der Waals surface area contributed by atoms with Crippen molar-refractivity contribution in [2.24, 2.45) is 12.1 Å². The number of hydrogen-bond acceptors (Lipinski definition) is 7. The standard InChI is InChI=1S/C23H28ClN7OS/c1-4-31(5-2)20-11-9-17(10-12-20)14-26-28-22(32)16-33-23-29-27-21(30(23)3)15-25-19-8-6-7-18(24)13-19/h6-14,25H,4-5,15-16H2,1-3H3,(H,28,32)/b26-14+. The summed E-state index contributed by atoms with van der Waals surface area (Å²) < 4.78 is 1.86.